The fourth-order valence-electron chi connectivity index (χ4n) is 4.98. The number of aliphatic carboxylic acids is 1. The standard InChI is InChI=1S/C35H39NO7S/c1-4-5-12-27-21-32(26-13-7-6-8-14-26)43-33(27)23-42-22-25-16-17-29(30(20-25)28-15-10-9-11-24(28)2)34(37)36-31(35(38)39)18-19-44(3,40)41/h6-11,13-17,20-21,31H,4-5,12,18-19,22-23H2,1-3H3,(H,36,37)(H,38,39). The van der Waals surface area contributed by atoms with Gasteiger partial charge in [-0.3, -0.25) is 4.79 Å². The fourth-order valence-corrected chi connectivity index (χ4v) is 5.64. The molecule has 0 saturated carbocycles. The summed E-state index contributed by atoms with van der Waals surface area (Å²) in [5.41, 5.74) is 5.64. The van der Waals surface area contributed by atoms with Crippen LogP contribution < -0.4 is 5.32 Å². The van der Waals surface area contributed by atoms with Crippen molar-refractivity contribution in [1.29, 1.82) is 0 Å². The summed E-state index contributed by atoms with van der Waals surface area (Å²) in [6.45, 7) is 4.64. The molecule has 0 saturated heterocycles. The molecule has 1 amide bonds. The van der Waals surface area contributed by atoms with Gasteiger partial charge in [-0.15, -0.1) is 0 Å². The largest absolute Gasteiger partial charge is 0.480 e. The van der Waals surface area contributed by atoms with Crippen molar-refractivity contribution in [1.82, 2.24) is 5.32 Å². The van der Waals surface area contributed by atoms with Crippen molar-refractivity contribution in [3.8, 4) is 22.5 Å². The maximum atomic E-state index is 13.4. The third kappa shape index (κ3) is 8.90. The van der Waals surface area contributed by atoms with E-state index in [9.17, 15) is 23.1 Å². The van der Waals surface area contributed by atoms with E-state index < -0.39 is 27.8 Å². The smallest absolute Gasteiger partial charge is 0.326 e. The van der Waals surface area contributed by atoms with Crippen LogP contribution in [0.25, 0.3) is 22.5 Å². The summed E-state index contributed by atoms with van der Waals surface area (Å²) >= 11 is 0. The molecule has 1 aromatic heterocycles. The van der Waals surface area contributed by atoms with Crippen LogP contribution >= 0.6 is 0 Å². The van der Waals surface area contributed by atoms with Crippen LogP contribution in [-0.2, 0) is 39.0 Å². The summed E-state index contributed by atoms with van der Waals surface area (Å²) in [5, 5.41) is 12.1. The minimum atomic E-state index is -3.40. The van der Waals surface area contributed by atoms with Gasteiger partial charge >= 0.3 is 5.97 Å². The van der Waals surface area contributed by atoms with E-state index in [1.54, 1.807) is 12.1 Å². The highest BCUT2D eigenvalue weighted by Crippen LogP contribution is 2.30. The lowest BCUT2D eigenvalue weighted by molar-refractivity contribution is -0.139. The average Bonchev–Trinajstić information content (AvgIpc) is 3.41. The minimum Gasteiger partial charge on any atom is -0.480 e. The van der Waals surface area contributed by atoms with Gasteiger partial charge in [0.05, 0.1) is 12.4 Å². The molecule has 0 aliphatic heterocycles. The van der Waals surface area contributed by atoms with Crippen LogP contribution in [0.5, 0.6) is 0 Å². The number of rotatable bonds is 15. The van der Waals surface area contributed by atoms with Crippen molar-refractivity contribution in [2.24, 2.45) is 0 Å². The molecule has 2 N–H and O–H groups in total. The molecule has 1 atom stereocenters. The summed E-state index contributed by atoms with van der Waals surface area (Å²) in [5.74, 6) is -0.643. The Bertz CT molecular complexity index is 1690. The minimum absolute atomic E-state index is 0.232. The lowest BCUT2D eigenvalue weighted by Gasteiger charge is -2.18. The molecular formula is C35H39NO7S. The molecule has 3 aromatic carbocycles. The molecule has 0 spiro atoms. The second-order valence-corrected chi connectivity index (χ2v) is 13.3. The number of carbonyl (C=O) groups excluding carboxylic acids is 1. The van der Waals surface area contributed by atoms with Crippen molar-refractivity contribution < 1.29 is 32.3 Å². The first-order valence-electron chi connectivity index (χ1n) is 14.7. The maximum Gasteiger partial charge on any atom is 0.326 e. The molecule has 9 heteroatoms. The molecule has 4 aromatic rings. The van der Waals surface area contributed by atoms with Crippen LogP contribution in [0.1, 0.15) is 59.0 Å². The first-order valence-corrected chi connectivity index (χ1v) is 16.8. The van der Waals surface area contributed by atoms with Gasteiger partial charge in [0.1, 0.15) is 34.0 Å². The zero-order valence-corrected chi connectivity index (χ0v) is 26.2. The second kappa shape index (κ2) is 15.0. The first-order chi connectivity index (χ1) is 21.1. The van der Waals surface area contributed by atoms with E-state index in [4.69, 9.17) is 9.15 Å². The highest BCUT2D eigenvalue weighted by molar-refractivity contribution is 7.90. The number of unbranched alkanes of at least 4 members (excludes halogenated alkanes) is 1. The number of benzene rings is 3. The van der Waals surface area contributed by atoms with Crippen LogP contribution in [-0.4, -0.2) is 43.5 Å². The zero-order valence-electron chi connectivity index (χ0n) is 25.3. The third-order valence-electron chi connectivity index (χ3n) is 7.40. The fraction of sp³-hybridized carbons (Fsp3) is 0.314. The molecule has 0 aliphatic rings. The van der Waals surface area contributed by atoms with Gasteiger partial charge in [0.2, 0.25) is 0 Å². The number of hydrogen-bond donors (Lipinski definition) is 2. The summed E-state index contributed by atoms with van der Waals surface area (Å²) in [4.78, 5) is 25.2. The molecule has 8 nitrogen and oxygen atoms in total. The summed E-state index contributed by atoms with van der Waals surface area (Å²) in [7, 11) is -3.40. The number of furan rings is 1. The van der Waals surface area contributed by atoms with Crippen LogP contribution in [0.2, 0.25) is 0 Å². The first kappa shape index (κ1) is 32.7. The van der Waals surface area contributed by atoms with Gasteiger partial charge < -0.3 is 19.6 Å². The average molecular weight is 618 g/mol. The van der Waals surface area contributed by atoms with E-state index in [0.717, 1.165) is 64.9 Å². The molecule has 0 fully saturated rings. The lowest BCUT2D eigenvalue weighted by Crippen LogP contribution is -2.42. The summed E-state index contributed by atoms with van der Waals surface area (Å²) < 4.78 is 35.6. The Morgan fingerprint density at radius 2 is 1.68 bits per heavy atom. The predicted molar refractivity (Wildman–Crippen MR) is 171 cm³/mol. The zero-order chi connectivity index (χ0) is 31.7. The number of aryl methyl sites for hydroxylation is 2. The van der Waals surface area contributed by atoms with Crippen molar-refractivity contribution in [3.05, 3.63) is 107 Å². The number of ether oxygens (including phenoxy) is 1. The molecule has 4 rings (SSSR count). The Balaban J connectivity index is 1.56. The normalized spacial score (nSPS) is 12.2. The Kier molecular flexibility index (Phi) is 11.1. The lowest BCUT2D eigenvalue weighted by atomic mass is 9.93. The Morgan fingerprint density at radius 3 is 2.36 bits per heavy atom. The van der Waals surface area contributed by atoms with Crippen LogP contribution in [0.15, 0.2) is 83.3 Å². The van der Waals surface area contributed by atoms with Gasteiger partial charge in [0.15, 0.2) is 0 Å². The molecule has 0 bridgehead atoms. The Hall–Kier alpha value is -4.21. The van der Waals surface area contributed by atoms with Crippen molar-refractivity contribution in [3.63, 3.8) is 0 Å². The van der Waals surface area contributed by atoms with Crippen molar-refractivity contribution in [2.75, 3.05) is 12.0 Å². The predicted octanol–water partition coefficient (Wildman–Crippen LogP) is 6.60. The third-order valence-corrected chi connectivity index (χ3v) is 8.38. The summed E-state index contributed by atoms with van der Waals surface area (Å²) in [6.07, 6.45) is 3.81. The number of carbonyl (C=O) groups is 2. The number of amides is 1. The van der Waals surface area contributed by atoms with Crippen LogP contribution in [0.3, 0.4) is 0 Å². The van der Waals surface area contributed by atoms with Gasteiger partial charge in [-0.2, -0.15) is 0 Å². The number of sulfone groups is 1. The SMILES string of the molecule is CCCCc1cc(-c2ccccc2)oc1COCc1ccc(C(=O)NC(CCS(C)(=O)=O)C(=O)O)c(-c2ccccc2C)c1. The van der Waals surface area contributed by atoms with Gasteiger partial charge in [-0.25, -0.2) is 13.2 Å². The molecule has 0 radical (unpaired) electrons. The highest BCUT2D eigenvalue weighted by atomic mass is 32.2. The van der Waals surface area contributed by atoms with Gasteiger partial charge in [0.25, 0.3) is 5.91 Å². The molecule has 1 heterocycles. The van der Waals surface area contributed by atoms with Crippen LogP contribution in [0, 0.1) is 6.92 Å². The topological polar surface area (TPSA) is 123 Å². The Labute approximate surface area is 259 Å². The summed E-state index contributed by atoms with van der Waals surface area (Å²) in [6, 6.07) is 23.6. The van der Waals surface area contributed by atoms with E-state index in [1.807, 2.05) is 67.6 Å². The van der Waals surface area contributed by atoms with E-state index in [-0.39, 0.29) is 31.0 Å². The van der Waals surface area contributed by atoms with E-state index >= 15 is 0 Å². The Morgan fingerprint density at radius 1 is 0.955 bits per heavy atom. The van der Waals surface area contributed by atoms with E-state index in [0.29, 0.717) is 5.56 Å². The highest BCUT2D eigenvalue weighted by Gasteiger charge is 2.24. The number of carboxylic acid groups (broad SMARTS) is 1. The molecule has 0 aliphatic carbocycles. The second-order valence-electron chi connectivity index (χ2n) is 11.0. The number of nitrogens with one attached hydrogen (secondary N) is 1. The van der Waals surface area contributed by atoms with Gasteiger partial charge in [0, 0.05) is 17.4 Å². The monoisotopic (exact) mass is 617 g/mol. The molecule has 44 heavy (non-hydrogen) atoms. The quantitative estimate of drug-likeness (QED) is 0.154. The molecule has 232 valence electrons. The van der Waals surface area contributed by atoms with E-state index in [2.05, 4.69) is 18.3 Å². The number of hydrogen-bond acceptors (Lipinski definition) is 6. The van der Waals surface area contributed by atoms with Crippen molar-refractivity contribution >= 4 is 21.7 Å². The maximum absolute atomic E-state index is 13.4. The van der Waals surface area contributed by atoms with Gasteiger partial charge in [-0.1, -0.05) is 74.0 Å². The van der Waals surface area contributed by atoms with Crippen LogP contribution in [0.4, 0.5) is 0 Å². The molecular weight excluding hydrogens is 578 g/mol. The molecule has 1 unspecified atom stereocenters. The number of carboxylic acids is 1. The van der Waals surface area contributed by atoms with Gasteiger partial charge in [-0.05, 0) is 72.2 Å². The van der Waals surface area contributed by atoms with Crippen molar-refractivity contribution in [2.45, 2.75) is 58.8 Å². The van der Waals surface area contributed by atoms with E-state index in [1.165, 1.54) is 0 Å².